The Hall–Kier alpha value is -0.265. The summed E-state index contributed by atoms with van der Waals surface area (Å²) in [5, 5.41) is 8.86. The highest BCUT2D eigenvalue weighted by atomic mass is 127. The Morgan fingerprint density at radius 1 is 1.27 bits per heavy atom. The van der Waals surface area contributed by atoms with E-state index in [0.29, 0.717) is 5.75 Å². The molecule has 0 saturated carbocycles. The number of benzene rings is 1. The van der Waals surface area contributed by atoms with Crippen LogP contribution < -0.4 is 4.65 Å². The molecule has 0 aliphatic carbocycles. The summed E-state index contributed by atoms with van der Waals surface area (Å²) < 4.78 is 9.35. The second-order valence-electron chi connectivity index (χ2n) is 1.83. The molecule has 0 radical (unpaired) electrons. The van der Waals surface area contributed by atoms with E-state index in [0.717, 1.165) is 0 Å². The Morgan fingerprint density at radius 3 is 2.45 bits per heavy atom. The fourth-order valence-electron chi connectivity index (χ4n) is 0.634. The van der Waals surface area contributed by atoms with Crippen LogP contribution in [0.5, 0.6) is 5.75 Å². The minimum atomic E-state index is -1.20. The zero-order valence-electron chi connectivity index (χ0n) is 5.61. The average molecular weight is 264 g/mol. The smallest absolute Gasteiger partial charge is 0.512 e. The van der Waals surface area contributed by atoms with Gasteiger partial charge in [-0.25, -0.2) is 0 Å². The monoisotopic (exact) mass is 264 g/mol. The van der Waals surface area contributed by atoms with Crippen molar-refractivity contribution in [1.82, 2.24) is 0 Å². The molecule has 11 heavy (non-hydrogen) atoms. The number of halogens is 1. The van der Waals surface area contributed by atoms with E-state index >= 15 is 0 Å². The molecule has 1 N–H and O–H groups in total. The molecule has 0 bridgehead atoms. The van der Waals surface area contributed by atoms with Gasteiger partial charge in [0, 0.05) is 0 Å². The average Bonchev–Trinajstić information content (AvgIpc) is 2.06. The molecule has 0 aliphatic rings. The molecule has 0 unspecified atom stereocenters. The molecule has 0 aliphatic heterocycles. The van der Waals surface area contributed by atoms with Crippen molar-refractivity contribution < 1.29 is 12.7 Å². The topological polar surface area (TPSA) is 38.7 Å². The molecule has 0 fully saturated rings. The standard InChI is InChI=1S/C6H6BIO3/c8-11-7(9)10-6-4-2-1-3-5-6/h1-5,9H. The van der Waals surface area contributed by atoms with E-state index in [-0.39, 0.29) is 0 Å². The van der Waals surface area contributed by atoms with Gasteiger partial charge in [-0.15, -0.1) is 0 Å². The van der Waals surface area contributed by atoms with E-state index in [4.69, 9.17) is 9.68 Å². The van der Waals surface area contributed by atoms with Crippen LogP contribution in [0.4, 0.5) is 0 Å². The van der Waals surface area contributed by atoms with Crippen molar-refractivity contribution in [3.8, 4) is 5.75 Å². The maximum Gasteiger partial charge on any atom is 0.720 e. The van der Waals surface area contributed by atoms with Gasteiger partial charge in [-0.3, -0.25) is 0 Å². The van der Waals surface area contributed by atoms with Crippen LogP contribution in [-0.2, 0) is 2.98 Å². The molecule has 0 aromatic heterocycles. The van der Waals surface area contributed by atoms with E-state index < -0.39 is 7.32 Å². The Bertz CT molecular complexity index is 206. The van der Waals surface area contributed by atoms with Gasteiger partial charge in [0.15, 0.2) is 0 Å². The first-order chi connectivity index (χ1) is 5.33. The summed E-state index contributed by atoms with van der Waals surface area (Å²) in [5.74, 6) is 0.580. The van der Waals surface area contributed by atoms with Crippen molar-refractivity contribution in [3.63, 3.8) is 0 Å². The van der Waals surface area contributed by atoms with E-state index in [2.05, 4.69) is 2.98 Å². The third-order valence-corrected chi connectivity index (χ3v) is 1.49. The normalized spacial score (nSPS) is 9.27. The number of para-hydroxylation sites is 1. The maximum absolute atomic E-state index is 8.86. The van der Waals surface area contributed by atoms with E-state index in [1.165, 1.54) is 0 Å². The summed E-state index contributed by atoms with van der Waals surface area (Å²) in [6.45, 7) is 0. The van der Waals surface area contributed by atoms with Gasteiger partial charge in [0.1, 0.15) is 5.75 Å². The Kier molecular flexibility index (Phi) is 3.68. The Labute approximate surface area is 79.2 Å². The molecule has 0 spiro atoms. The second-order valence-corrected chi connectivity index (χ2v) is 2.34. The molecule has 58 valence electrons. The lowest BCUT2D eigenvalue weighted by Crippen LogP contribution is -2.21. The number of hydrogen-bond acceptors (Lipinski definition) is 3. The predicted octanol–water partition coefficient (Wildman–Crippen LogP) is 1.41. The highest BCUT2D eigenvalue weighted by Gasteiger charge is 2.15. The molecule has 3 nitrogen and oxygen atoms in total. The van der Waals surface area contributed by atoms with Gasteiger partial charge >= 0.3 is 7.32 Å². The molecule has 0 amide bonds. The van der Waals surface area contributed by atoms with Crippen molar-refractivity contribution >= 4 is 30.3 Å². The van der Waals surface area contributed by atoms with Crippen molar-refractivity contribution in [2.45, 2.75) is 0 Å². The molecular formula is C6H6BIO3. The van der Waals surface area contributed by atoms with Gasteiger partial charge in [0.25, 0.3) is 0 Å². The number of hydrogen-bond donors (Lipinski definition) is 1. The highest BCUT2D eigenvalue weighted by Crippen LogP contribution is 2.09. The first-order valence-electron chi connectivity index (χ1n) is 3.00. The van der Waals surface area contributed by atoms with Crippen molar-refractivity contribution in [2.24, 2.45) is 0 Å². The molecule has 0 atom stereocenters. The molecule has 1 rings (SSSR count). The van der Waals surface area contributed by atoms with Crippen LogP contribution in [0.15, 0.2) is 30.3 Å². The van der Waals surface area contributed by atoms with Gasteiger partial charge in [-0.1, -0.05) is 18.2 Å². The van der Waals surface area contributed by atoms with Crippen molar-refractivity contribution in [1.29, 1.82) is 0 Å². The van der Waals surface area contributed by atoms with Crippen LogP contribution in [0.1, 0.15) is 0 Å². The lowest BCUT2D eigenvalue weighted by Gasteiger charge is -2.04. The maximum atomic E-state index is 8.86. The van der Waals surface area contributed by atoms with Crippen LogP contribution >= 0.6 is 23.0 Å². The summed E-state index contributed by atoms with van der Waals surface area (Å²) in [7, 11) is -1.20. The highest BCUT2D eigenvalue weighted by molar-refractivity contribution is 14.1. The van der Waals surface area contributed by atoms with Crippen molar-refractivity contribution in [3.05, 3.63) is 30.3 Å². The minimum absolute atomic E-state index is 0.580. The third kappa shape index (κ3) is 3.09. The molecule has 0 saturated heterocycles. The lowest BCUT2D eigenvalue weighted by molar-refractivity contribution is 0.333. The lowest BCUT2D eigenvalue weighted by atomic mass is 10.2. The van der Waals surface area contributed by atoms with Gasteiger partial charge in [0.05, 0.1) is 23.0 Å². The van der Waals surface area contributed by atoms with Crippen LogP contribution in [0.3, 0.4) is 0 Å². The van der Waals surface area contributed by atoms with E-state index in [1.54, 1.807) is 35.1 Å². The van der Waals surface area contributed by atoms with E-state index in [1.807, 2.05) is 18.2 Å². The largest absolute Gasteiger partial charge is 0.720 e. The van der Waals surface area contributed by atoms with Crippen LogP contribution in [0.25, 0.3) is 0 Å². The predicted molar refractivity (Wildman–Crippen MR) is 50.1 cm³/mol. The molecule has 0 heterocycles. The Balaban J connectivity index is 2.51. The van der Waals surface area contributed by atoms with Crippen molar-refractivity contribution in [2.75, 3.05) is 0 Å². The summed E-state index contributed by atoms with van der Waals surface area (Å²) in [4.78, 5) is 0. The van der Waals surface area contributed by atoms with Gasteiger partial charge < -0.3 is 12.7 Å². The van der Waals surface area contributed by atoms with Gasteiger partial charge in [0.2, 0.25) is 0 Å². The quantitative estimate of drug-likeness (QED) is 0.662. The molecule has 5 heteroatoms. The summed E-state index contributed by atoms with van der Waals surface area (Å²) in [5.41, 5.74) is 0. The minimum Gasteiger partial charge on any atom is -0.512 e. The second kappa shape index (κ2) is 4.58. The SMILES string of the molecule is OB(OI)Oc1ccccc1. The van der Waals surface area contributed by atoms with Gasteiger partial charge in [-0.2, -0.15) is 0 Å². The molecular weight excluding hydrogens is 258 g/mol. The summed E-state index contributed by atoms with van der Waals surface area (Å²) in [6, 6.07) is 8.96. The van der Waals surface area contributed by atoms with Crippen LogP contribution in [-0.4, -0.2) is 12.3 Å². The zero-order chi connectivity index (χ0) is 8.10. The Morgan fingerprint density at radius 2 is 1.91 bits per heavy atom. The van der Waals surface area contributed by atoms with Crippen LogP contribution in [0, 0.1) is 0 Å². The molecule has 1 aromatic rings. The third-order valence-electron chi connectivity index (χ3n) is 1.06. The summed E-state index contributed by atoms with van der Waals surface area (Å²) >= 11 is 1.57. The molecule has 1 aromatic carbocycles. The van der Waals surface area contributed by atoms with Gasteiger partial charge in [-0.05, 0) is 12.1 Å². The number of rotatable bonds is 3. The fraction of sp³-hybridized carbons (Fsp3) is 0. The van der Waals surface area contributed by atoms with E-state index in [9.17, 15) is 0 Å². The van der Waals surface area contributed by atoms with Crippen LogP contribution in [0.2, 0.25) is 0 Å². The first-order valence-corrected chi connectivity index (χ1v) is 3.88. The zero-order valence-corrected chi connectivity index (χ0v) is 7.76. The first kappa shape index (κ1) is 8.83. The fourth-order valence-corrected chi connectivity index (χ4v) is 0.737. The summed E-state index contributed by atoms with van der Waals surface area (Å²) in [6.07, 6.45) is 0.